The van der Waals surface area contributed by atoms with Crippen molar-refractivity contribution < 1.29 is 13.2 Å². The zero-order valence-electron chi connectivity index (χ0n) is 10.8. The Morgan fingerprint density at radius 3 is 2.68 bits per heavy atom. The molecule has 0 atom stereocenters. The highest BCUT2D eigenvalue weighted by molar-refractivity contribution is 5.79. The molecule has 0 aromatic carbocycles. The Morgan fingerprint density at radius 1 is 1.42 bits per heavy atom. The molecule has 1 rings (SSSR count). The summed E-state index contributed by atoms with van der Waals surface area (Å²) in [5.41, 5.74) is 0. The van der Waals surface area contributed by atoms with Crippen LogP contribution in [0.4, 0.5) is 13.2 Å². The van der Waals surface area contributed by atoms with Crippen molar-refractivity contribution in [3.05, 3.63) is 12.2 Å². The third-order valence-electron chi connectivity index (χ3n) is 2.23. The van der Waals surface area contributed by atoms with Crippen LogP contribution in [0.2, 0.25) is 0 Å². The van der Waals surface area contributed by atoms with E-state index in [1.165, 1.54) is 6.33 Å². The van der Waals surface area contributed by atoms with E-state index in [2.05, 4.69) is 25.8 Å². The SMILES string of the molecule is CCNC(=NCc1nncn1C)NCCC(F)(F)F. The first-order chi connectivity index (χ1) is 8.92. The minimum Gasteiger partial charge on any atom is -0.357 e. The highest BCUT2D eigenvalue weighted by atomic mass is 19.4. The largest absolute Gasteiger partial charge is 0.390 e. The van der Waals surface area contributed by atoms with Gasteiger partial charge in [0, 0.05) is 20.1 Å². The number of aromatic nitrogens is 3. The summed E-state index contributed by atoms with van der Waals surface area (Å²) in [4.78, 5) is 4.14. The van der Waals surface area contributed by atoms with Gasteiger partial charge in [-0.25, -0.2) is 4.99 Å². The van der Waals surface area contributed by atoms with E-state index in [-0.39, 0.29) is 13.1 Å². The molecule has 0 aliphatic heterocycles. The van der Waals surface area contributed by atoms with Crippen molar-refractivity contribution in [1.82, 2.24) is 25.4 Å². The number of nitrogens with one attached hydrogen (secondary N) is 2. The number of hydrogen-bond acceptors (Lipinski definition) is 3. The van der Waals surface area contributed by atoms with Crippen LogP contribution in [0.25, 0.3) is 0 Å². The summed E-state index contributed by atoms with van der Waals surface area (Å²) in [5, 5.41) is 13.0. The maximum atomic E-state index is 12.0. The van der Waals surface area contributed by atoms with Gasteiger partial charge in [0.1, 0.15) is 12.9 Å². The molecule has 0 unspecified atom stereocenters. The van der Waals surface area contributed by atoms with Gasteiger partial charge in [-0.15, -0.1) is 10.2 Å². The van der Waals surface area contributed by atoms with Crippen molar-refractivity contribution in [3.8, 4) is 0 Å². The summed E-state index contributed by atoms with van der Waals surface area (Å²) in [6, 6.07) is 0. The molecule has 9 heteroatoms. The Morgan fingerprint density at radius 2 is 2.16 bits per heavy atom. The standard InChI is InChI=1S/C10H17F3N6/c1-3-14-9(15-5-4-10(11,12)13)16-6-8-18-17-7-19(8)2/h7H,3-6H2,1-2H3,(H2,14,15,16). The van der Waals surface area contributed by atoms with E-state index in [9.17, 15) is 13.2 Å². The Kier molecular flexibility index (Phi) is 5.58. The van der Waals surface area contributed by atoms with Gasteiger partial charge in [0.25, 0.3) is 0 Å². The number of halogens is 3. The number of aliphatic imine (C=N–C) groups is 1. The van der Waals surface area contributed by atoms with Gasteiger partial charge in [-0.3, -0.25) is 0 Å². The Labute approximate surface area is 109 Å². The van der Waals surface area contributed by atoms with Gasteiger partial charge >= 0.3 is 6.18 Å². The van der Waals surface area contributed by atoms with Crippen LogP contribution < -0.4 is 10.6 Å². The predicted octanol–water partition coefficient (Wildman–Crippen LogP) is 0.823. The van der Waals surface area contributed by atoms with Crippen molar-refractivity contribution in [2.75, 3.05) is 13.1 Å². The molecule has 0 radical (unpaired) electrons. The number of rotatable bonds is 5. The number of nitrogens with zero attached hydrogens (tertiary/aromatic N) is 4. The zero-order valence-corrected chi connectivity index (χ0v) is 10.8. The zero-order chi connectivity index (χ0) is 14.3. The average molecular weight is 278 g/mol. The number of hydrogen-bond donors (Lipinski definition) is 2. The molecule has 1 aromatic rings. The van der Waals surface area contributed by atoms with Crippen molar-refractivity contribution >= 4 is 5.96 Å². The van der Waals surface area contributed by atoms with Gasteiger partial charge in [0.15, 0.2) is 11.8 Å². The lowest BCUT2D eigenvalue weighted by Gasteiger charge is -2.12. The molecule has 0 saturated heterocycles. The summed E-state index contributed by atoms with van der Waals surface area (Å²) < 4.78 is 37.8. The van der Waals surface area contributed by atoms with Crippen LogP contribution in [0.3, 0.4) is 0 Å². The molecule has 0 amide bonds. The molecule has 0 bridgehead atoms. The lowest BCUT2D eigenvalue weighted by Crippen LogP contribution is -2.39. The first kappa shape index (κ1) is 15.3. The van der Waals surface area contributed by atoms with Crippen molar-refractivity contribution in [2.45, 2.75) is 26.1 Å². The predicted molar refractivity (Wildman–Crippen MR) is 64.5 cm³/mol. The molecule has 2 N–H and O–H groups in total. The van der Waals surface area contributed by atoms with Gasteiger partial charge in [-0.05, 0) is 6.92 Å². The summed E-state index contributed by atoms with van der Waals surface area (Å²) in [6.07, 6.45) is -3.54. The first-order valence-electron chi connectivity index (χ1n) is 5.84. The Balaban J connectivity index is 2.49. The minimum absolute atomic E-state index is 0.214. The van der Waals surface area contributed by atoms with Crippen LogP contribution in [-0.2, 0) is 13.6 Å². The molecular weight excluding hydrogens is 261 g/mol. The van der Waals surface area contributed by atoms with Crippen molar-refractivity contribution in [2.24, 2.45) is 12.0 Å². The molecule has 19 heavy (non-hydrogen) atoms. The molecule has 1 aromatic heterocycles. The second-order valence-electron chi connectivity index (χ2n) is 3.85. The number of guanidine groups is 1. The van der Waals surface area contributed by atoms with Crippen LogP contribution in [0, 0.1) is 0 Å². The molecule has 0 fully saturated rings. The van der Waals surface area contributed by atoms with Crippen LogP contribution in [-0.4, -0.2) is 40.0 Å². The molecular formula is C10H17F3N6. The fourth-order valence-corrected chi connectivity index (χ4v) is 1.26. The summed E-state index contributed by atoms with van der Waals surface area (Å²) >= 11 is 0. The number of aryl methyl sites for hydroxylation is 1. The normalized spacial score (nSPS) is 12.6. The highest BCUT2D eigenvalue weighted by Gasteiger charge is 2.26. The van der Waals surface area contributed by atoms with Crippen molar-refractivity contribution in [3.63, 3.8) is 0 Å². The van der Waals surface area contributed by atoms with Crippen LogP contribution >= 0.6 is 0 Å². The van der Waals surface area contributed by atoms with E-state index in [0.29, 0.717) is 18.3 Å². The highest BCUT2D eigenvalue weighted by Crippen LogP contribution is 2.17. The third-order valence-corrected chi connectivity index (χ3v) is 2.23. The number of alkyl halides is 3. The lowest BCUT2D eigenvalue weighted by atomic mass is 10.4. The van der Waals surface area contributed by atoms with Crippen LogP contribution in [0.5, 0.6) is 0 Å². The fraction of sp³-hybridized carbons (Fsp3) is 0.700. The van der Waals surface area contributed by atoms with Gasteiger partial charge in [-0.2, -0.15) is 13.2 Å². The van der Waals surface area contributed by atoms with E-state index in [1.807, 2.05) is 6.92 Å². The minimum atomic E-state index is -4.17. The maximum absolute atomic E-state index is 12.0. The molecule has 0 saturated carbocycles. The molecule has 108 valence electrons. The molecule has 6 nitrogen and oxygen atoms in total. The van der Waals surface area contributed by atoms with E-state index in [0.717, 1.165) is 0 Å². The molecule has 0 aliphatic rings. The van der Waals surface area contributed by atoms with Crippen LogP contribution in [0.15, 0.2) is 11.3 Å². The van der Waals surface area contributed by atoms with Gasteiger partial charge in [0.2, 0.25) is 0 Å². The molecule has 1 heterocycles. The Hall–Kier alpha value is -1.80. The van der Waals surface area contributed by atoms with E-state index in [4.69, 9.17) is 0 Å². The lowest BCUT2D eigenvalue weighted by molar-refractivity contribution is -0.132. The molecule has 0 spiro atoms. The summed E-state index contributed by atoms with van der Waals surface area (Å²) in [6.45, 7) is 2.44. The third kappa shape index (κ3) is 6.07. The van der Waals surface area contributed by atoms with Crippen LogP contribution in [0.1, 0.15) is 19.2 Å². The first-order valence-corrected chi connectivity index (χ1v) is 5.84. The van der Waals surface area contributed by atoms with E-state index < -0.39 is 12.6 Å². The smallest absolute Gasteiger partial charge is 0.357 e. The topological polar surface area (TPSA) is 67.1 Å². The quantitative estimate of drug-likeness (QED) is 0.618. The van der Waals surface area contributed by atoms with Gasteiger partial charge in [0.05, 0.1) is 6.42 Å². The van der Waals surface area contributed by atoms with Gasteiger partial charge in [-0.1, -0.05) is 0 Å². The van der Waals surface area contributed by atoms with Crippen molar-refractivity contribution in [1.29, 1.82) is 0 Å². The molecule has 0 aliphatic carbocycles. The summed E-state index contributed by atoms with van der Waals surface area (Å²) in [7, 11) is 1.77. The second kappa shape index (κ2) is 6.95. The average Bonchev–Trinajstić information content (AvgIpc) is 2.70. The second-order valence-corrected chi connectivity index (χ2v) is 3.85. The maximum Gasteiger partial charge on any atom is 0.390 e. The van der Waals surface area contributed by atoms with E-state index >= 15 is 0 Å². The van der Waals surface area contributed by atoms with E-state index in [1.54, 1.807) is 11.6 Å². The van der Waals surface area contributed by atoms with Gasteiger partial charge < -0.3 is 15.2 Å². The monoisotopic (exact) mass is 278 g/mol. The fourth-order valence-electron chi connectivity index (χ4n) is 1.26. The summed E-state index contributed by atoms with van der Waals surface area (Å²) in [5.74, 6) is 0.961. The Bertz CT molecular complexity index is 412.